The molecule has 0 N–H and O–H groups in total. The van der Waals surface area contributed by atoms with Crippen LogP contribution in [0.3, 0.4) is 0 Å². The van der Waals surface area contributed by atoms with E-state index < -0.39 is 18.1 Å². The first-order chi connectivity index (χ1) is 10.1. The fraction of sp³-hybridized carbons (Fsp3) is 0.400. The Hall–Kier alpha value is -2.37. The van der Waals surface area contributed by atoms with E-state index in [2.05, 4.69) is 0 Å². The number of Topliss-reactive ketones (excluding diaryl/α,β-unsaturated/α-hetero) is 1. The molecule has 1 amide bonds. The first-order valence-electron chi connectivity index (χ1n) is 6.77. The van der Waals surface area contributed by atoms with E-state index >= 15 is 0 Å². The molecule has 1 saturated heterocycles. The first kappa shape index (κ1) is 15.0. The number of benzene rings is 1. The molecule has 0 saturated carbocycles. The number of likely N-dealkylation sites (tertiary alicyclic amines) is 1. The molecule has 1 atom stereocenters. The number of ether oxygens (including phenoxy) is 2. The minimum Gasteiger partial charge on any atom is -0.464 e. The van der Waals surface area contributed by atoms with Crippen molar-refractivity contribution in [2.45, 2.75) is 26.0 Å². The molecule has 1 aliphatic rings. The molecule has 0 unspecified atom stereocenters. The van der Waals surface area contributed by atoms with Crippen molar-refractivity contribution < 1.29 is 23.9 Å². The molecule has 1 fully saturated rings. The molecule has 0 aromatic heterocycles. The van der Waals surface area contributed by atoms with Gasteiger partial charge in [-0.25, -0.2) is 9.59 Å². The summed E-state index contributed by atoms with van der Waals surface area (Å²) in [5.41, 5.74) is 0.837. The summed E-state index contributed by atoms with van der Waals surface area (Å²) < 4.78 is 10.0. The highest BCUT2D eigenvalue weighted by Crippen LogP contribution is 2.18. The van der Waals surface area contributed by atoms with E-state index in [9.17, 15) is 14.4 Å². The molecule has 1 aromatic rings. The molecule has 1 aliphatic heterocycles. The molecular formula is C15H17NO5. The minimum atomic E-state index is -0.874. The smallest absolute Gasteiger partial charge is 0.411 e. The molecule has 1 aromatic carbocycles. The topological polar surface area (TPSA) is 72.9 Å². The van der Waals surface area contributed by atoms with E-state index in [4.69, 9.17) is 9.47 Å². The van der Waals surface area contributed by atoms with Crippen LogP contribution in [-0.2, 0) is 25.7 Å². The van der Waals surface area contributed by atoms with Gasteiger partial charge in [0.2, 0.25) is 0 Å². The van der Waals surface area contributed by atoms with Crippen molar-refractivity contribution in [1.82, 2.24) is 4.90 Å². The van der Waals surface area contributed by atoms with Crippen LogP contribution in [0.4, 0.5) is 4.79 Å². The van der Waals surface area contributed by atoms with Gasteiger partial charge in [-0.1, -0.05) is 30.3 Å². The van der Waals surface area contributed by atoms with Crippen LogP contribution in [0.2, 0.25) is 0 Å². The van der Waals surface area contributed by atoms with Gasteiger partial charge in [-0.15, -0.1) is 0 Å². The number of hydrogen-bond donors (Lipinski definition) is 0. The largest absolute Gasteiger partial charge is 0.464 e. The molecule has 6 nitrogen and oxygen atoms in total. The summed E-state index contributed by atoms with van der Waals surface area (Å²) in [5, 5.41) is 0. The number of amides is 1. The fourth-order valence-corrected chi connectivity index (χ4v) is 2.13. The van der Waals surface area contributed by atoms with Crippen LogP contribution in [0, 0.1) is 0 Å². The van der Waals surface area contributed by atoms with Gasteiger partial charge < -0.3 is 9.47 Å². The van der Waals surface area contributed by atoms with Gasteiger partial charge in [-0.05, 0) is 12.5 Å². The van der Waals surface area contributed by atoms with Crippen molar-refractivity contribution in [2.75, 3.05) is 13.2 Å². The van der Waals surface area contributed by atoms with Gasteiger partial charge in [-0.3, -0.25) is 9.69 Å². The van der Waals surface area contributed by atoms with Crippen LogP contribution in [0.1, 0.15) is 18.9 Å². The van der Waals surface area contributed by atoms with Gasteiger partial charge in [0.15, 0.2) is 5.78 Å². The molecular weight excluding hydrogens is 274 g/mol. The molecule has 1 heterocycles. The Balaban J connectivity index is 1.96. The summed E-state index contributed by atoms with van der Waals surface area (Å²) in [6.07, 6.45) is -0.693. The summed E-state index contributed by atoms with van der Waals surface area (Å²) in [6, 6.07) is 8.31. The highest BCUT2D eigenvalue weighted by Gasteiger charge is 2.40. The molecule has 112 valence electrons. The molecule has 2 rings (SSSR count). The van der Waals surface area contributed by atoms with Crippen molar-refractivity contribution >= 4 is 17.8 Å². The SMILES string of the molecule is CCOC(=O)[C@@H]1CC(=O)CN1C(=O)OCc1ccccc1. The van der Waals surface area contributed by atoms with Gasteiger partial charge in [0.05, 0.1) is 13.2 Å². The van der Waals surface area contributed by atoms with Gasteiger partial charge in [0, 0.05) is 6.42 Å². The lowest BCUT2D eigenvalue weighted by Crippen LogP contribution is -2.41. The highest BCUT2D eigenvalue weighted by molar-refractivity contribution is 5.95. The summed E-state index contributed by atoms with van der Waals surface area (Å²) in [4.78, 5) is 36.4. The zero-order valence-corrected chi connectivity index (χ0v) is 11.8. The van der Waals surface area contributed by atoms with E-state index in [0.717, 1.165) is 10.5 Å². The van der Waals surface area contributed by atoms with Crippen molar-refractivity contribution in [2.24, 2.45) is 0 Å². The predicted octanol–water partition coefficient (Wildman–Crippen LogP) is 1.53. The molecule has 21 heavy (non-hydrogen) atoms. The standard InChI is InChI=1S/C15H17NO5/c1-2-20-14(18)13-8-12(17)9-16(13)15(19)21-10-11-6-4-3-5-7-11/h3-7,13H,2,8-10H2,1H3/t13-/m0/s1. The minimum absolute atomic E-state index is 0.0146. The molecule has 0 radical (unpaired) electrons. The van der Waals surface area contributed by atoms with Gasteiger partial charge in [0.1, 0.15) is 12.6 Å². The second kappa shape index (κ2) is 6.88. The third kappa shape index (κ3) is 3.81. The summed E-state index contributed by atoms with van der Waals surface area (Å²) >= 11 is 0. The monoisotopic (exact) mass is 291 g/mol. The number of rotatable bonds is 4. The number of esters is 1. The second-order valence-corrected chi connectivity index (χ2v) is 4.68. The van der Waals surface area contributed by atoms with E-state index in [0.29, 0.717) is 0 Å². The van der Waals surface area contributed by atoms with E-state index in [1.807, 2.05) is 30.3 Å². The lowest BCUT2D eigenvalue weighted by atomic mass is 10.2. The van der Waals surface area contributed by atoms with Crippen molar-refractivity contribution in [1.29, 1.82) is 0 Å². The lowest BCUT2D eigenvalue weighted by molar-refractivity contribution is -0.148. The maximum Gasteiger partial charge on any atom is 0.411 e. The van der Waals surface area contributed by atoms with Crippen LogP contribution in [0.5, 0.6) is 0 Å². The molecule has 6 heteroatoms. The van der Waals surface area contributed by atoms with Crippen LogP contribution in [-0.4, -0.2) is 41.9 Å². The summed E-state index contributed by atoms with van der Waals surface area (Å²) in [6.45, 7) is 1.86. The maximum absolute atomic E-state index is 12.0. The molecule has 0 bridgehead atoms. The zero-order chi connectivity index (χ0) is 15.2. The average Bonchev–Trinajstić information content (AvgIpc) is 2.88. The number of carbonyl (C=O) groups is 3. The van der Waals surface area contributed by atoms with Crippen molar-refractivity contribution in [3.8, 4) is 0 Å². The normalized spacial score (nSPS) is 17.7. The van der Waals surface area contributed by atoms with Gasteiger partial charge in [0.25, 0.3) is 0 Å². The van der Waals surface area contributed by atoms with E-state index in [1.54, 1.807) is 6.92 Å². The number of carbonyl (C=O) groups excluding carboxylic acids is 3. The van der Waals surface area contributed by atoms with Gasteiger partial charge >= 0.3 is 12.1 Å². The van der Waals surface area contributed by atoms with Crippen LogP contribution < -0.4 is 0 Å². The van der Waals surface area contributed by atoms with Crippen LogP contribution >= 0.6 is 0 Å². The number of ketones is 1. The Labute approximate surface area is 122 Å². The van der Waals surface area contributed by atoms with Crippen molar-refractivity contribution in [3.63, 3.8) is 0 Å². The van der Waals surface area contributed by atoms with Crippen LogP contribution in [0.15, 0.2) is 30.3 Å². The number of nitrogens with zero attached hydrogens (tertiary/aromatic N) is 1. The summed E-state index contributed by atoms with van der Waals surface area (Å²) in [5.74, 6) is -0.746. The molecule has 0 spiro atoms. The molecule has 0 aliphatic carbocycles. The second-order valence-electron chi connectivity index (χ2n) is 4.68. The Bertz CT molecular complexity index is 528. The third-order valence-corrected chi connectivity index (χ3v) is 3.14. The summed E-state index contributed by atoms with van der Waals surface area (Å²) in [7, 11) is 0. The van der Waals surface area contributed by atoms with Crippen LogP contribution in [0.25, 0.3) is 0 Å². The fourth-order valence-electron chi connectivity index (χ4n) is 2.13. The van der Waals surface area contributed by atoms with E-state index in [-0.39, 0.29) is 32.0 Å². The Kier molecular flexibility index (Phi) is 4.92. The zero-order valence-electron chi connectivity index (χ0n) is 11.8. The first-order valence-corrected chi connectivity index (χ1v) is 6.77. The Morgan fingerprint density at radius 3 is 2.62 bits per heavy atom. The predicted molar refractivity (Wildman–Crippen MR) is 73.4 cm³/mol. The van der Waals surface area contributed by atoms with Crippen molar-refractivity contribution in [3.05, 3.63) is 35.9 Å². The van der Waals surface area contributed by atoms with Gasteiger partial charge in [-0.2, -0.15) is 0 Å². The number of hydrogen-bond acceptors (Lipinski definition) is 5. The third-order valence-electron chi connectivity index (χ3n) is 3.14. The maximum atomic E-state index is 12.0. The Morgan fingerprint density at radius 2 is 1.95 bits per heavy atom. The lowest BCUT2D eigenvalue weighted by Gasteiger charge is -2.21. The van der Waals surface area contributed by atoms with E-state index in [1.165, 1.54) is 0 Å². The average molecular weight is 291 g/mol. The quantitative estimate of drug-likeness (QED) is 0.787. The highest BCUT2D eigenvalue weighted by atomic mass is 16.6. The Morgan fingerprint density at radius 1 is 1.24 bits per heavy atom.